The van der Waals surface area contributed by atoms with Gasteiger partial charge in [0.25, 0.3) is 5.24 Å². The SMILES string of the molecule is Fc1ccccn1.O=C(Cl)c1cccnc1F.O=C(O)c1cccnc1F.O=S(Cl)Cl. The highest BCUT2D eigenvalue weighted by Crippen LogP contribution is 2.05. The van der Waals surface area contributed by atoms with Crippen LogP contribution < -0.4 is 0 Å². The van der Waals surface area contributed by atoms with Crippen LogP contribution in [-0.2, 0) is 9.23 Å². The van der Waals surface area contributed by atoms with Crippen LogP contribution >= 0.6 is 33.0 Å². The summed E-state index contributed by atoms with van der Waals surface area (Å²) in [4.78, 5) is 30.2. The molecule has 0 unspecified atom stereocenters. The Balaban J connectivity index is 0.000000407. The van der Waals surface area contributed by atoms with Crippen molar-refractivity contribution in [1.82, 2.24) is 15.0 Å². The minimum atomic E-state index is -1.67. The number of pyridine rings is 3. The zero-order valence-electron chi connectivity index (χ0n) is 15.0. The fraction of sp³-hybridized carbons (Fsp3) is 0. The second kappa shape index (κ2) is 16.1. The van der Waals surface area contributed by atoms with Crippen LogP contribution in [0.3, 0.4) is 0 Å². The molecule has 0 aromatic carbocycles. The third kappa shape index (κ3) is 14.1. The standard InChI is InChI=1S/C6H3ClFNO.C6H4FNO2.C5H4FN.Cl2OS/c7-5(10)4-2-1-3-9-6(4)8;7-5-4(6(9)10)2-1-3-8-5;6-5-3-1-2-4-7-5;1-4(2)3/h1-3H;1-3H,(H,9,10);1-4H;. The Kier molecular flexibility index (Phi) is 14.8. The van der Waals surface area contributed by atoms with Crippen LogP contribution in [0.4, 0.5) is 13.2 Å². The van der Waals surface area contributed by atoms with E-state index >= 15 is 0 Å². The van der Waals surface area contributed by atoms with E-state index in [0.29, 0.717) is 0 Å². The Morgan fingerprint density at radius 2 is 1.26 bits per heavy atom. The van der Waals surface area contributed by atoms with Crippen molar-refractivity contribution in [3.63, 3.8) is 0 Å². The van der Waals surface area contributed by atoms with Crippen LogP contribution in [0.25, 0.3) is 0 Å². The summed E-state index contributed by atoms with van der Waals surface area (Å²) < 4.78 is 45.7. The van der Waals surface area contributed by atoms with Gasteiger partial charge in [0.2, 0.25) is 27.1 Å². The van der Waals surface area contributed by atoms with Gasteiger partial charge in [-0.05, 0) is 48.0 Å². The summed E-state index contributed by atoms with van der Waals surface area (Å²) in [5.74, 6) is -3.51. The Labute approximate surface area is 190 Å². The molecule has 0 aliphatic rings. The maximum absolute atomic E-state index is 12.4. The maximum atomic E-state index is 12.4. The van der Waals surface area contributed by atoms with E-state index in [2.05, 4.69) is 36.3 Å². The average Bonchev–Trinajstić information content (AvgIpc) is 2.69. The molecule has 0 aliphatic carbocycles. The highest BCUT2D eigenvalue weighted by molar-refractivity contribution is 8.26. The third-order valence-corrected chi connectivity index (χ3v) is 2.79. The van der Waals surface area contributed by atoms with Crippen LogP contribution in [0, 0.1) is 17.8 Å². The molecule has 0 saturated heterocycles. The van der Waals surface area contributed by atoms with Gasteiger partial charge in [-0.3, -0.25) is 4.79 Å². The van der Waals surface area contributed by atoms with Crippen molar-refractivity contribution in [1.29, 1.82) is 0 Å². The number of carbonyl (C=O) groups is 2. The summed E-state index contributed by atoms with van der Waals surface area (Å²) in [6.45, 7) is 0. The molecule has 3 aromatic heterocycles. The molecule has 166 valence electrons. The number of carboxylic acids is 1. The van der Waals surface area contributed by atoms with Crippen LogP contribution in [0.5, 0.6) is 0 Å². The van der Waals surface area contributed by atoms with E-state index in [9.17, 15) is 22.8 Å². The van der Waals surface area contributed by atoms with Crippen molar-refractivity contribution in [2.24, 2.45) is 0 Å². The molecular weight excluding hydrogens is 506 g/mol. The molecule has 0 atom stereocenters. The summed E-state index contributed by atoms with van der Waals surface area (Å²) in [6.07, 6.45) is 3.86. The van der Waals surface area contributed by atoms with Gasteiger partial charge in [-0.1, -0.05) is 6.07 Å². The molecule has 0 amide bonds. The normalized spacial score (nSPS) is 9.13. The van der Waals surface area contributed by atoms with Crippen LogP contribution in [0.1, 0.15) is 20.7 Å². The van der Waals surface area contributed by atoms with Crippen LogP contribution in [0.2, 0.25) is 0 Å². The molecule has 0 aliphatic heterocycles. The minimum absolute atomic E-state index is 0.191. The molecule has 3 aromatic rings. The monoisotopic (exact) mass is 515 g/mol. The predicted octanol–water partition coefficient (Wildman–Crippen LogP) is 4.78. The van der Waals surface area contributed by atoms with Gasteiger partial charge in [0.05, 0.1) is 5.56 Å². The van der Waals surface area contributed by atoms with Gasteiger partial charge in [0.15, 0.2) is 0 Å². The smallest absolute Gasteiger partial charge is 0.340 e. The molecule has 0 saturated carbocycles. The van der Waals surface area contributed by atoms with E-state index in [1.165, 1.54) is 42.9 Å². The number of hydrogen-bond donors (Lipinski definition) is 1. The number of aromatic nitrogens is 3. The van der Waals surface area contributed by atoms with E-state index in [4.69, 9.17) is 20.9 Å². The molecule has 1 N–H and O–H groups in total. The van der Waals surface area contributed by atoms with Crippen molar-refractivity contribution in [2.45, 2.75) is 0 Å². The van der Waals surface area contributed by atoms with E-state index in [1.807, 2.05) is 0 Å². The van der Waals surface area contributed by atoms with Gasteiger partial charge < -0.3 is 5.11 Å². The van der Waals surface area contributed by atoms with Gasteiger partial charge >= 0.3 is 5.97 Å². The van der Waals surface area contributed by atoms with Gasteiger partial charge in [0.1, 0.15) is 5.56 Å². The number of nitrogens with zero attached hydrogens (tertiary/aromatic N) is 3. The minimum Gasteiger partial charge on any atom is -0.478 e. The highest BCUT2D eigenvalue weighted by Gasteiger charge is 2.08. The van der Waals surface area contributed by atoms with E-state index < -0.39 is 43.8 Å². The summed E-state index contributed by atoms with van der Waals surface area (Å²) in [5, 5.41) is 7.46. The molecule has 0 fully saturated rings. The summed E-state index contributed by atoms with van der Waals surface area (Å²) >= 11 is 4.99. The highest BCUT2D eigenvalue weighted by atomic mass is 36.0. The molecule has 14 heteroatoms. The van der Waals surface area contributed by atoms with Crippen molar-refractivity contribution < 1.29 is 32.1 Å². The first-order valence-electron chi connectivity index (χ1n) is 7.51. The first-order valence-corrected chi connectivity index (χ1v) is 10.7. The molecule has 0 spiro atoms. The lowest BCUT2D eigenvalue weighted by Crippen LogP contribution is -2.01. The summed E-state index contributed by atoms with van der Waals surface area (Å²) in [5.41, 5.74) is -0.591. The van der Waals surface area contributed by atoms with E-state index in [1.54, 1.807) is 12.1 Å². The predicted molar refractivity (Wildman–Crippen MR) is 110 cm³/mol. The van der Waals surface area contributed by atoms with Gasteiger partial charge in [-0.25, -0.2) is 24.0 Å². The first kappa shape index (κ1) is 28.4. The molecule has 31 heavy (non-hydrogen) atoms. The molecular formula is C17H11Cl3F3N3O4S. The lowest BCUT2D eigenvalue weighted by Gasteiger charge is -1.91. The van der Waals surface area contributed by atoms with E-state index in [0.717, 1.165) is 6.07 Å². The number of rotatable bonds is 2. The lowest BCUT2D eigenvalue weighted by atomic mass is 10.3. The number of aromatic carboxylic acids is 1. The second-order valence-corrected chi connectivity index (χ2v) is 7.47. The molecule has 0 radical (unpaired) electrons. The van der Waals surface area contributed by atoms with Crippen LogP contribution in [-0.4, -0.2) is 35.5 Å². The Bertz CT molecular complexity index is 945. The Morgan fingerprint density at radius 3 is 1.48 bits per heavy atom. The Hall–Kier alpha value is -2.60. The molecule has 3 heterocycles. The molecule has 3 rings (SSSR count). The van der Waals surface area contributed by atoms with Gasteiger partial charge in [0, 0.05) is 40.0 Å². The van der Waals surface area contributed by atoms with Crippen molar-refractivity contribution >= 4 is 53.4 Å². The van der Waals surface area contributed by atoms with Gasteiger partial charge in [-0.15, -0.1) is 0 Å². The van der Waals surface area contributed by atoms with Crippen molar-refractivity contribution in [3.05, 3.63) is 90.0 Å². The number of carboxylic acid groups (broad SMARTS) is 1. The summed E-state index contributed by atoms with van der Waals surface area (Å²) in [7, 11) is 7.36. The van der Waals surface area contributed by atoms with E-state index in [-0.39, 0.29) is 5.56 Å². The number of halogens is 6. The fourth-order valence-electron chi connectivity index (χ4n) is 1.42. The first-order chi connectivity index (χ1) is 14.6. The quantitative estimate of drug-likeness (QED) is 0.385. The largest absolute Gasteiger partial charge is 0.478 e. The van der Waals surface area contributed by atoms with Gasteiger partial charge in [-0.2, -0.15) is 13.2 Å². The van der Waals surface area contributed by atoms with Crippen molar-refractivity contribution in [2.75, 3.05) is 0 Å². The fourth-order valence-corrected chi connectivity index (χ4v) is 1.56. The number of hydrogen-bond acceptors (Lipinski definition) is 6. The average molecular weight is 517 g/mol. The number of carbonyl (C=O) groups excluding carboxylic acids is 1. The zero-order valence-corrected chi connectivity index (χ0v) is 18.0. The lowest BCUT2D eigenvalue weighted by molar-refractivity contribution is 0.0690. The maximum Gasteiger partial charge on any atom is 0.340 e. The molecule has 7 nitrogen and oxygen atoms in total. The second-order valence-electron chi connectivity index (χ2n) is 4.60. The Morgan fingerprint density at radius 1 is 0.806 bits per heavy atom. The molecule has 0 bridgehead atoms. The summed E-state index contributed by atoms with van der Waals surface area (Å²) in [6, 6.07) is 9.82. The van der Waals surface area contributed by atoms with Crippen molar-refractivity contribution in [3.8, 4) is 0 Å². The van der Waals surface area contributed by atoms with Crippen LogP contribution in [0.15, 0.2) is 61.1 Å². The topological polar surface area (TPSA) is 110 Å². The zero-order chi connectivity index (χ0) is 23.8. The third-order valence-electron chi connectivity index (χ3n) is 2.59.